The molecule has 0 amide bonds. The van der Waals surface area contributed by atoms with Gasteiger partial charge in [0, 0.05) is 6.07 Å². The Morgan fingerprint density at radius 2 is 1.82 bits per heavy atom. The van der Waals surface area contributed by atoms with E-state index in [0.717, 1.165) is 17.4 Å². The molecule has 0 atom stereocenters. The maximum Gasteiger partial charge on any atom is 0.338 e. The number of halogens is 4. The summed E-state index contributed by atoms with van der Waals surface area (Å²) >= 11 is 12.1. The maximum absolute atomic E-state index is 13.6. The number of sulfonamides is 1. The Labute approximate surface area is 137 Å². The van der Waals surface area contributed by atoms with Gasteiger partial charge in [0.15, 0.2) is 0 Å². The standard InChI is InChI=1S/C11H5Cl2F2NO4S2/c12-9-3-8(10(13)21-9)22(19,20)16-7-1-4(11(17)18)5(14)2-6(7)15/h1-3,16H,(H,17,18). The van der Waals surface area contributed by atoms with E-state index in [0.29, 0.717) is 6.07 Å². The van der Waals surface area contributed by atoms with Crippen LogP contribution in [0, 0.1) is 11.6 Å². The highest BCUT2D eigenvalue weighted by Gasteiger charge is 2.24. The molecule has 0 fully saturated rings. The van der Waals surface area contributed by atoms with Crippen molar-refractivity contribution in [2.45, 2.75) is 4.90 Å². The number of carboxylic acid groups (broad SMARTS) is 1. The minimum absolute atomic E-state index is 0.0937. The molecule has 0 aliphatic rings. The van der Waals surface area contributed by atoms with Crippen LogP contribution in [0.5, 0.6) is 0 Å². The molecule has 5 nitrogen and oxygen atoms in total. The minimum atomic E-state index is -4.31. The molecule has 0 aliphatic carbocycles. The lowest BCUT2D eigenvalue weighted by Crippen LogP contribution is -2.15. The minimum Gasteiger partial charge on any atom is -0.478 e. The molecule has 118 valence electrons. The predicted molar refractivity (Wildman–Crippen MR) is 78.5 cm³/mol. The molecule has 2 rings (SSSR count). The molecule has 0 saturated heterocycles. The van der Waals surface area contributed by atoms with Crippen molar-refractivity contribution in [2.24, 2.45) is 0 Å². The van der Waals surface area contributed by atoms with Gasteiger partial charge in [-0.05, 0) is 12.1 Å². The van der Waals surface area contributed by atoms with Crippen LogP contribution in [0.2, 0.25) is 8.67 Å². The summed E-state index contributed by atoms with van der Waals surface area (Å²) in [6.07, 6.45) is 0. The molecule has 22 heavy (non-hydrogen) atoms. The zero-order valence-electron chi connectivity index (χ0n) is 10.2. The van der Waals surface area contributed by atoms with Crippen molar-refractivity contribution in [1.82, 2.24) is 0 Å². The normalized spacial score (nSPS) is 11.5. The summed E-state index contributed by atoms with van der Waals surface area (Å²) in [5, 5.41) is 8.77. The van der Waals surface area contributed by atoms with Crippen LogP contribution >= 0.6 is 34.5 Å². The molecule has 0 bridgehead atoms. The van der Waals surface area contributed by atoms with E-state index in [9.17, 15) is 22.0 Å². The predicted octanol–water partition coefficient (Wildman–Crippen LogP) is 3.83. The lowest BCUT2D eigenvalue weighted by atomic mass is 10.2. The van der Waals surface area contributed by atoms with E-state index in [1.807, 2.05) is 4.72 Å². The summed E-state index contributed by atoms with van der Waals surface area (Å²) in [6.45, 7) is 0. The Morgan fingerprint density at radius 3 is 2.32 bits per heavy atom. The topological polar surface area (TPSA) is 83.5 Å². The average molecular weight is 388 g/mol. The van der Waals surface area contributed by atoms with E-state index >= 15 is 0 Å². The Bertz CT molecular complexity index is 867. The van der Waals surface area contributed by atoms with Crippen molar-refractivity contribution in [3.05, 3.63) is 44.1 Å². The Balaban J connectivity index is 2.48. The van der Waals surface area contributed by atoms with E-state index in [2.05, 4.69) is 0 Å². The maximum atomic E-state index is 13.6. The number of anilines is 1. The molecule has 0 radical (unpaired) electrons. The SMILES string of the molecule is O=C(O)c1cc(NS(=O)(=O)c2cc(Cl)sc2Cl)c(F)cc1F. The van der Waals surface area contributed by atoms with Crippen molar-refractivity contribution < 1.29 is 27.1 Å². The smallest absolute Gasteiger partial charge is 0.338 e. The fourth-order valence-electron chi connectivity index (χ4n) is 1.50. The van der Waals surface area contributed by atoms with E-state index in [-0.39, 0.29) is 14.7 Å². The van der Waals surface area contributed by atoms with E-state index in [1.165, 1.54) is 0 Å². The van der Waals surface area contributed by atoms with Crippen molar-refractivity contribution in [3.63, 3.8) is 0 Å². The van der Waals surface area contributed by atoms with Crippen LogP contribution < -0.4 is 4.72 Å². The molecule has 2 aromatic rings. The van der Waals surface area contributed by atoms with E-state index in [4.69, 9.17) is 28.3 Å². The van der Waals surface area contributed by atoms with Crippen molar-refractivity contribution in [1.29, 1.82) is 0 Å². The van der Waals surface area contributed by atoms with Crippen LogP contribution in [-0.4, -0.2) is 19.5 Å². The molecule has 0 aliphatic heterocycles. The van der Waals surface area contributed by atoms with Crippen molar-refractivity contribution in [3.8, 4) is 0 Å². The van der Waals surface area contributed by atoms with Crippen LogP contribution in [0.25, 0.3) is 0 Å². The highest BCUT2D eigenvalue weighted by Crippen LogP contribution is 2.35. The number of carboxylic acids is 1. The lowest BCUT2D eigenvalue weighted by Gasteiger charge is -2.09. The van der Waals surface area contributed by atoms with Crippen LogP contribution in [-0.2, 0) is 10.0 Å². The first kappa shape index (κ1) is 16.9. The number of thiophene rings is 1. The van der Waals surface area contributed by atoms with Gasteiger partial charge in [-0.3, -0.25) is 4.72 Å². The summed E-state index contributed by atoms with van der Waals surface area (Å²) in [5.41, 5.74) is -1.61. The van der Waals surface area contributed by atoms with Gasteiger partial charge in [-0.15, -0.1) is 11.3 Å². The first-order chi connectivity index (χ1) is 10.1. The average Bonchev–Trinajstić information content (AvgIpc) is 2.72. The van der Waals surface area contributed by atoms with Gasteiger partial charge in [-0.2, -0.15) is 0 Å². The fourth-order valence-corrected chi connectivity index (χ4v) is 4.71. The summed E-state index contributed by atoms with van der Waals surface area (Å²) < 4.78 is 52.8. The second-order valence-corrected chi connectivity index (χ2v) is 7.85. The second kappa shape index (κ2) is 5.99. The van der Waals surface area contributed by atoms with Crippen LogP contribution in [0.3, 0.4) is 0 Å². The molecule has 0 saturated carbocycles. The number of carbonyl (C=O) groups is 1. The summed E-state index contributed by atoms with van der Waals surface area (Å²) in [6, 6.07) is 1.85. The fraction of sp³-hybridized carbons (Fsp3) is 0. The second-order valence-electron chi connectivity index (χ2n) is 3.91. The third kappa shape index (κ3) is 3.32. The van der Waals surface area contributed by atoms with Gasteiger partial charge in [0.2, 0.25) is 0 Å². The zero-order chi connectivity index (χ0) is 16.7. The molecular weight excluding hydrogens is 383 g/mol. The number of nitrogens with one attached hydrogen (secondary N) is 1. The number of hydrogen-bond donors (Lipinski definition) is 2. The Hall–Kier alpha value is -1.42. The number of benzene rings is 1. The molecule has 0 unspecified atom stereocenters. The van der Waals surface area contributed by atoms with Gasteiger partial charge < -0.3 is 5.11 Å². The van der Waals surface area contributed by atoms with Crippen molar-refractivity contribution in [2.75, 3.05) is 4.72 Å². The highest BCUT2D eigenvalue weighted by atomic mass is 35.5. The van der Waals surface area contributed by atoms with Gasteiger partial charge in [0.1, 0.15) is 20.9 Å². The largest absolute Gasteiger partial charge is 0.478 e. The highest BCUT2D eigenvalue weighted by molar-refractivity contribution is 7.93. The Kier molecular flexibility index (Phi) is 4.62. The van der Waals surface area contributed by atoms with Crippen molar-refractivity contribution >= 4 is 56.2 Å². The third-order valence-corrected chi connectivity index (χ3v) is 5.56. The number of hydrogen-bond acceptors (Lipinski definition) is 4. The monoisotopic (exact) mass is 387 g/mol. The number of aromatic carboxylic acids is 1. The third-order valence-electron chi connectivity index (χ3n) is 2.45. The Morgan fingerprint density at radius 1 is 1.18 bits per heavy atom. The first-order valence-electron chi connectivity index (χ1n) is 5.32. The molecule has 2 N–H and O–H groups in total. The van der Waals surface area contributed by atoms with E-state index in [1.54, 1.807) is 0 Å². The zero-order valence-corrected chi connectivity index (χ0v) is 13.4. The molecule has 0 spiro atoms. The molecule has 1 aromatic heterocycles. The molecule has 1 heterocycles. The van der Waals surface area contributed by atoms with E-state index < -0.39 is 43.8 Å². The molecule has 11 heteroatoms. The van der Waals surface area contributed by atoms with Gasteiger partial charge in [0.05, 0.1) is 15.6 Å². The lowest BCUT2D eigenvalue weighted by molar-refractivity contribution is 0.0692. The first-order valence-corrected chi connectivity index (χ1v) is 8.37. The summed E-state index contributed by atoms with van der Waals surface area (Å²) in [4.78, 5) is 10.4. The molecule has 1 aromatic carbocycles. The van der Waals surface area contributed by atoms with Gasteiger partial charge in [-0.1, -0.05) is 23.2 Å². The summed E-state index contributed by atoms with van der Waals surface area (Å²) in [5.74, 6) is -4.28. The van der Waals surface area contributed by atoms with Crippen LogP contribution in [0.1, 0.15) is 10.4 Å². The van der Waals surface area contributed by atoms with Crippen LogP contribution in [0.15, 0.2) is 23.1 Å². The molecular formula is C11H5Cl2F2NO4S2. The van der Waals surface area contributed by atoms with Crippen LogP contribution in [0.4, 0.5) is 14.5 Å². The number of rotatable bonds is 4. The quantitative estimate of drug-likeness (QED) is 0.834. The van der Waals surface area contributed by atoms with Gasteiger partial charge in [-0.25, -0.2) is 22.0 Å². The van der Waals surface area contributed by atoms with Gasteiger partial charge >= 0.3 is 5.97 Å². The summed E-state index contributed by atoms with van der Waals surface area (Å²) in [7, 11) is -4.31. The van der Waals surface area contributed by atoms with Gasteiger partial charge in [0.25, 0.3) is 10.0 Å².